The van der Waals surface area contributed by atoms with Crippen molar-refractivity contribution in [2.24, 2.45) is 0 Å². The molecular formula is C19H20N2O5. The predicted octanol–water partition coefficient (Wildman–Crippen LogP) is 2.04. The first kappa shape index (κ1) is 17.6. The van der Waals surface area contributed by atoms with E-state index in [0.29, 0.717) is 35.6 Å². The van der Waals surface area contributed by atoms with E-state index < -0.39 is 5.76 Å². The van der Waals surface area contributed by atoms with Crippen LogP contribution in [0.5, 0.6) is 11.5 Å². The van der Waals surface area contributed by atoms with Gasteiger partial charge in [-0.2, -0.15) is 0 Å². The number of aromatic amines is 1. The lowest BCUT2D eigenvalue weighted by atomic mass is 10.1. The molecule has 0 saturated carbocycles. The molecule has 0 atom stereocenters. The summed E-state index contributed by atoms with van der Waals surface area (Å²) < 4.78 is 15.4. The van der Waals surface area contributed by atoms with Gasteiger partial charge >= 0.3 is 5.76 Å². The number of hydrogen-bond donors (Lipinski definition) is 2. The summed E-state index contributed by atoms with van der Waals surface area (Å²) in [5, 5.41) is 2.89. The van der Waals surface area contributed by atoms with Crippen molar-refractivity contribution in [3.8, 4) is 11.5 Å². The van der Waals surface area contributed by atoms with Gasteiger partial charge in [0.2, 0.25) is 5.91 Å². The molecule has 0 fully saturated rings. The predicted molar refractivity (Wildman–Crippen MR) is 96.8 cm³/mol. The van der Waals surface area contributed by atoms with E-state index in [1.54, 1.807) is 32.4 Å². The molecule has 2 aromatic carbocycles. The zero-order valence-corrected chi connectivity index (χ0v) is 14.6. The van der Waals surface area contributed by atoms with E-state index in [2.05, 4.69) is 10.3 Å². The molecule has 3 aromatic rings. The molecule has 0 bridgehead atoms. The van der Waals surface area contributed by atoms with Crippen molar-refractivity contribution in [2.75, 3.05) is 20.8 Å². The Balaban J connectivity index is 1.54. The summed E-state index contributed by atoms with van der Waals surface area (Å²) in [5.74, 6) is 0.680. The highest BCUT2D eigenvalue weighted by molar-refractivity contribution is 5.79. The smallest absolute Gasteiger partial charge is 0.417 e. The summed E-state index contributed by atoms with van der Waals surface area (Å²) in [5.41, 5.74) is 3.03. The fourth-order valence-electron chi connectivity index (χ4n) is 2.74. The average Bonchev–Trinajstić information content (AvgIpc) is 3.00. The minimum Gasteiger partial charge on any atom is -0.493 e. The number of hydrogen-bond acceptors (Lipinski definition) is 5. The van der Waals surface area contributed by atoms with Crippen LogP contribution in [0.25, 0.3) is 11.1 Å². The lowest BCUT2D eigenvalue weighted by Crippen LogP contribution is -2.27. The second-order valence-electron chi connectivity index (χ2n) is 5.81. The van der Waals surface area contributed by atoms with Crippen molar-refractivity contribution in [3.05, 3.63) is 58.1 Å². The summed E-state index contributed by atoms with van der Waals surface area (Å²) in [6.45, 7) is 0.500. The molecule has 1 heterocycles. The molecule has 0 aliphatic carbocycles. The number of carbonyl (C=O) groups is 1. The van der Waals surface area contributed by atoms with Gasteiger partial charge in [-0.05, 0) is 41.8 Å². The van der Waals surface area contributed by atoms with Crippen LogP contribution in [0.4, 0.5) is 0 Å². The number of rotatable bonds is 7. The third kappa shape index (κ3) is 4.05. The number of oxazole rings is 1. The van der Waals surface area contributed by atoms with E-state index in [9.17, 15) is 9.59 Å². The summed E-state index contributed by atoms with van der Waals surface area (Å²) >= 11 is 0. The van der Waals surface area contributed by atoms with Crippen LogP contribution in [-0.2, 0) is 17.6 Å². The molecule has 0 spiro atoms. The average molecular weight is 356 g/mol. The fraction of sp³-hybridized carbons (Fsp3) is 0.263. The molecule has 1 aromatic heterocycles. The molecule has 26 heavy (non-hydrogen) atoms. The second-order valence-corrected chi connectivity index (χ2v) is 5.81. The SMILES string of the molecule is COc1ccc(CC(=O)NCCc2ccc3oc(=O)[nH]c3c2)cc1OC. The van der Waals surface area contributed by atoms with Gasteiger partial charge in [-0.25, -0.2) is 4.79 Å². The van der Waals surface area contributed by atoms with E-state index in [1.807, 2.05) is 18.2 Å². The first-order valence-electron chi connectivity index (χ1n) is 8.18. The first-order valence-corrected chi connectivity index (χ1v) is 8.18. The normalized spacial score (nSPS) is 10.7. The number of nitrogens with one attached hydrogen (secondary N) is 2. The van der Waals surface area contributed by atoms with Crippen molar-refractivity contribution >= 4 is 17.0 Å². The van der Waals surface area contributed by atoms with E-state index >= 15 is 0 Å². The summed E-state index contributed by atoms with van der Waals surface area (Å²) in [6.07, 6.45) is 0.912. The number of benzene rings is 2. The number of ether oxygens (including phenoxy) is 2. The molecular weight excluding hydrogens is 336 g/mol. The van der Waals surface area contributed by atoms with Crippen LogP contribution in [0.15, 0.2) is 45.6 Å². The third-order valence-electron chi connectivity index (χ3n) is 4.03. The molecule has 0 unspecified atom stereocenters. The Hall–Kier alpha value is -3.22. The van der Waals surface area contributed by atoms with Crippen molar-refractivity contribution in [1.82, 2.24) is 10.3 Å². The maximum atomic E-state index is 12.1. The monoisotopic (exact) mass is 356 g/mol. The Morgan fingerprint density at radius 1 is 1.08 bits per heavy atom. The standard InChI is InChI=1S/C19H20N2O5/c1-24-16-6-4-13(10-17(16)25-2)11-18(22)20-8-7-12-3-5-15-14(9-12)21-19(23)26-15/h3-6,9-10H,7-8,11H2,1-2H3,(H,20,22)(H,21,23). The number of aromatic nitrogens is 1. The number of H-pyrrole nitrogens is 1. The van der Waals surface area contributed by atoms with Gasteiger partial charge in [0.1, 0.15) is 0 Å². The Morgan fingerprint density at radius 3 is 2.62 bits per heavy atom. The van der Waals surface area contributed by atoms with Gasteiger partial charge in [-0.1, -0.05) is 12.1 Å². The molecule has 0 radical (unpaired) electrons. The third-order valence-corrected chi connectivity index (χ3v) is 4.03. The second kappa shape index (κ2) is 7.77. The summed E-state index contributed by atoms with van der Waals surface area (Å²) in [6, 6.07) is 10.9. The molecule has 3 rings (SSSR count). The highest BCUT2D eigenvalue weighted by Gasteiger charge is 2.08. The fourth-order valence-corrected chi connectivity index (χ4v) is 2.74. The molecule has 1 amide bonds. The highest BCUT2D eigenvalue weighted by atomic mass is 16.5. The number of amides is 1. The van der Waals surface area contributed by atoms with Crippen LogP contribution in [0.1, 0.15) is 11.1 Å². The van der Waals surface area contributed by atoms with Gasteiger partial charge in [-0.15, -0.1) is 0 Å². The van der Waals surface area contributed by atoms with Crippen molar-refractivity contribution < 1.29 is 18.7 Å². The largest absolute Gasteiger partial charge is 0.493 e. The van der Waals surface area contributed by atoms with E-state index in [4.69, 9.17) is 13.9 Å². The van der Waals surface area contributed by atoms with Gasteiger partial charge in [0.15, 0.2) is 17.1 Å². The van der Waals surface area contributed by atoms with E-state index in [-0.39, 0.29) is 12.3 Å². The lowest BCUT2D eigenvalue weighted by molar-refractivity contribution is -0.120. The van der Waals surface area contributed by atoms with Crippen LogP contribution in [0.2, 0.25) is 0 Å². The maximum Gasteiger partial charge on any atom is 0.417 e. The molecule has 0 aliphatic heterocycles. The topological polar surface area (TPSA) is 93.6 Å². The zero-order chi connectivity index (χ0) is 18.5. The van der Waals surface area contributed by atoms with Crippen molar-refractivity contribution in [1.29, 1.82) is 0 Å². The van der Waals surface area contributed by atoms with Crippen LogP contribution in [0, 0.1) is 0 Å². The minimum atomic E-state index is -0.472. The first-order chi connectivity index (χ1) is 12.6. The van der Waals surface area contributed by atoms with Gasteiger partial charge in [-0.3, -0.25) is 9.78 Å². The van der Waals surface area contributed by atoms with Crippen LogP contribution >= 0.6 is 0 Å². The molecule has 0 aliphatic rings. The van der Waals surface area contributed by atoms with E-state index in [1.165, 1.54) is 0 Å². The van der Waals surface area contributed by atoms with Gasteiger partial charge in [0.25, 0.3) is 0 Å². The Morgan fingerprint density at radius 2 is 1.85 bits per heavy atom. The summed E-state index contributed by atoms with van der Waals surface area (Å²) in [4.78, 5) is 25.9. The minimum absolute atomic E-state index is 0.0741. The zero-order valence-electron chi connectivity index (χ0n) is 14.6. The Labute approximate surface area is 149 Å². The van der Waals surface area contributed by atoms with Gasteiger partial charge < -0.3 is 19.2 Å². The van der Waals surface area contributed by atoms with Gasteiger partial charge in [0, 0.05) is 6.54 Å². The molecule has 7 nitrogen and oxygen atoms in total. The maximum absolute atomic E-state index is 12.1. The highest BCUT2D eigenvalue weighted by Crippen LogP contribution is 2.27. The van der Waals surface area contributed by atoms with Crippen molar-refractivity contribution in [3.63, 3.8) is 0 Å². The number of carbonyl (C=O) groups excluding carboxylic acids is 1. The molecule has 0 saturated heterocycles. The Bertz CT molecular complexity index is 973. The number of methoxy groups -OCH3 is 2. The Kier molecular flexibility index (Phi) is 5.26. The molecule has 2 N–H and O–H groups in total. The molecule has 7 heteroatoms. The number of fused-ring (bicyclic) bond motifs is 1. The lowest BCUT2D eigenvalue weighted by Gasteiger charge is -2.10. The van der Waals surface area contributed by atoms with E-state index in [0.717, 1.165) is 11.1 Å². The summed E-state index contributed by atoms with van der Waals surface area (Å²) in [7, 11) is 3.13. The van der Waals surface area contributed by atoms with Crippen LogP contribution in [0.3, 0.4) is 0 Å². The quantitative estimate of drug-likeness (QED) is 0.676. The van der Waals surface area contributed by atoms with Crippen molar-refractivity contribution in [2.45, 2.75) is 12.8 Å². The van der Waals surface area contributed by atoms with Gasteiger partial charge in [0.05, 0.1) is 26.2 Å². The van der Waals surface area contributed by atoms with Crippen LogP contribution < -0.4 is 20.5 Å². The van der Waals surface area contributed by atoms with Crippen LogP contribution in [-0.4, -0.2) is 31.7 Å². The molecule has 136 valence electrons.